The molecule has 0 atom stereocenters. The number of halogens is 1. The van der Waals surface area contributed by atoms with Gasteiger partial charge in [0.25, 0.3) is 5.91 Å². The summed E-state index contributed by atoms with van der Waals surface area (Å²) in [5.74, 6) is -0.114. The van der Waals surface area contributed by atoms with E-state index in [4.69, 9.17) is 0 Å². The van der Waals surface area contributed by atoms with Gasteiger partial charge in [-0.15, -0.1) is 12.4 Å². The largest absolute Gasteiger partial charge is 0.344 e. The smallest absolute Gasteiger partial charge is 0.270 e. The molecule has 2 heterocycles. The molecule has 0 radical (unpaired) electrons. The van der Waals surface area contributed by atoms with Crippen molar-refractivity contribution in [2.75, 3.05) is 39.8 Å². The zero-order chi connectivity index (χ0) is 14.7. The van der Waals surface area contributed by atoms with Crippen LogP contribution >= 0.6 is 12.4 Å². The molecule has 0 aliphatic carbocycles. The predicted octanol–water partition coefficient (Wildman–Crippen LogP) is 0.259. The minimum atomic E-state index is -0.121. The molecule has 0 saturated carbocycles. The lowest BCUT2D eigenvalue weighted by Gasteiger charge is -2.29. The summed E-state index contributed by atoms with van der Waals surface area (Å²) < 4.78 is 1.84. The van der Waals surface area contributed by atoms with E-state index in [-0.39, 0.29) is 30.8 Å². The van der Waals surface area contributed by atoms with Gasteiger partial charge in [-0.1, -0.05) is 0 Å². The predicted molar refractivity (Wildman–Crippen MR) is 83.8 cm³/mol. The lowest BCUT2D eigenvalue weighted by Crippen LogP contribution is -2.49. The van der Waals surface area contributed by atoms with Gasteiger partial charge >= 0.3 is 0 Å². The highest BCUT2D eigenvalue weighted by Gasteiger charge is 2.22. The van der Waals surface area contributed by atoms with E-state index in [0.29, 0.717) is 18.8 Å². The molecule has 1 N–H and O–H groups in total. The van der Waals surface area contributed by atoms with Crippen molar-refractivity contribution in [3.05, 3.63) is 23.5 Å². The van der Waals surface area contributed by atoms with Crippen molar-refractivity contribution < 1.29 is 9.59 Å². The Hall–Kier alpha value is -1.53. The first kappa shape index (κ1) is 17.5. The lowest BCUT2D eigenvalue weighted by molar-refractivity contribution is -0.132. The van der Waals surface area contributed by atoms with Crippen LogP contribution in [0.25, 0.3) is 0 Å². The van der Waals surface area contributed by atoms with Crippen LogP contribution in [-0.4, -0.2) is 66.0 Å². The maximum atomic E-state index is 12.3. The number of rotatable bonds is 3. The normalized spacial score (nSPS) is 14.5. The third-order valence-electron chi connectivity index (χ3n) is 3.78. The number of carbonyl (C=O) groups is 2. The fraction of sp³-hybridized carbons (Fsp3) is 0.571. The number of carbonyl (C=O) groups excluding carboxylic acids is 2. The Kier molecular flexibility index (Phi) is 6.23. The van der Waals surface area contributed by atoms with Gasteiger partial charge in [-0.25, -0.2) is 0 Å². The number of nitrogens with one attached hydrogen (secondary N) is 1. The fourth-order valence-corrected chi connectivity index (χ4v) is 2.31. The average Bonchev–Trinajstić information content (AvgIpc) is 2.79. The average molecular weight is 315 g/mol. The topological polar surface area (TPSA) is 57.6 Å². The molecule has 1 aromatic heterocycles. The summed E-state index contributed by atoms with van der Waals surface area (Å²) >= 11 is 0. The molecule has 2 amide bonds. The van der Waals surface area contributed by atoms with Gasteiger partial charge in [0.05, 0.1) is 6.54 Å². The van der Waals surface area contributed by atoms with E-state index in [1.54, 1.807) is 18.0 Å². The van der Waals surface area contributed by atoms with E-state index in [2.05, 4.69) is 5.32 Å². The second kappa shape index (κ2) is 7.47. The second-order valence-corrected chi connectivity index (χ2v) is 5.21. The Morgan fingerprint density at radius 1 is 1.29 bits per heavy atom. The number of aromatic nitrogens is 1. The van der Waals surface area contributed by atoms with Crippen molar-refractivity contribution in [3.8, 4) is 0 Å². The Balaban J connectivity index is 0.00000220. The van der Waals surface area contributed by atoms with Crippen LogP contribution in [0, 0.1) is 6.92 Å². The van der Waals surface area contributed by atoms with E-state index in [0.717, 1.165) is 18.8 Å². The highest BCUT2D eigenvalue weighted by Crippen LogP contribution is 2.08. The molecule has 21 heavy (non-hydrogen) atoms. The van der Waals surface area contributed by atoms with Crippen molar-refractivity contribution in [2.45, 2.75) is 6.92 Å². The van der Waals surface area contributed by atoms with Gasteiger partial charge in [-0.3, -0.25) is 9.59 Å². The standard InChI is InChI=1S/C14H22N4O2.ClH/c1-11-4-5-12(17(11)3)14(20)16(2)10-13(19)18-8-6-15-7-9-18;/h4-5,15H,6-10H2,1-3H3;1H. The summed E-state index contributed by atoms with van der Waals surface area (Å²) in [7, 11) is 3.53. The van der Waals surface area contributed by atoms with Crippen LogP contribution in [0.5, 0.6) is 0 Å². The molecule has 1 saturated heterocycles. The van der Waals surface area contributed by atoms with Crippen molar-refractivity contribution in [2.24, 2.45) is 7.05 Å². The number of nitrogens with zero attached hydrogens (tertiary/aromatic N) is 3. The van der Waals surface area contributed by atoms with Gasteiger partial charge in [0.15, 0.2) is 0 Å². The summed E-state index contributed by atoms with van der Waals surface area (Å²) in [6.45, 7) is 5.14. The molecule has 0 unspecified atom stereocenters. The fourth-order valence-electron chi connectivity index (χ4n) is 2.31. The molecule has 1 aliphatic heterocycles. The molecule has 0 bridgehead atoms. The second-order valence-electron chi connectivity index (χ2n) is 5.21. The number of hydrogen-bond donors (Lipinski definition) is 1. The highest BCUT2D eigenvalue weighted by atomic mass is 35.5. The van der Waals surface area contributed by atoms with Crippen LogP contribution < -0.4 is 5.32 Å². The number of hydrogen-bond acceptors (Lipinski definition) is 3. The molecular formula is C14H23ClN4O2. The van der Waals surface area contributed by atoms with E-state index in [1.165, 1.54) is 4.90 Å². The molecule has 1 aliphatic rings. The van der Waals surface area contributed by atoms with Crippen LogP contribution in [0.15, 0.2) is 12.1 Å². The van der Waals surface area contributed by atoms with E-state index < -0.39 is 0 Å². The van der Waals surface area contributed by atoms with Crippen LogP contribution in [0.4, 0.5) is 0 Å². The van der Waals surface area contributed by atoms with Crippen LogP contribution in [-0.2, 0) is 11.8 Å². The zero-order valence-corrected chi connectivity index (χ0v) is 13.6. The molecule has 1 fully saturated rings. The maximum Gasteiger partial charge on any atom is 0.270 e. The summed E-state index contributed by atoms with van der Waals surface area (Å²) in [5.41, 5.74) is 1.63. The molecule has 118 valence electrons. The molecule has 0 aromatic carbocycles. The maximum absolute atomic E-state index is 12.3. The Morgan fingerprint density at radius 2 is 1.90 bits per heavy atom. The van der Waals surface area contributed by atoms with Crippen LogP contribution in [0.2, 0.25) is 0 Å². The first-order valence-corrected chi connectivity index (χ1v) is 6.87. The highest BCUT2D eigenvalue weighted by molar-refractivity contribution is 5.95. The van der Waals surface area contributed by atoms with Gasteiger partial charge in [0, 0.05) is 46.0 Å². The summed E-state index contributed by atoms with van der Waals surface area (Å²) in [6, 6.07) is 3.70. The Morgan fingerprint density at radius 3 is 2.43 bits per heavy atom. The molecule has 2 rings (SSSR count). The number of amides is 2. The van der Waals surface area contributed by atoms with Gasteiger partial charge in [-0.2, -0.15) is 0 Å². The van der Waals surface area contributed by atoms with Gasteiger partial charge in [-0.05, 0) is 19.1 Å². The lowest BCUT2D eigenvalue weighted by atomic mass is 10.3. The van der Waals surface area contributed by atoms with Gasteiger partial charge in [0.1, 0.15) is 5.69 Å². The minimum absolute atomic E-state index is 0. The molecule has 6 nitrogen and oxygen atoms in total. The molecular weight excluding hydrogens is 292 g/mol. The number of likely N-dealkylation sites (N-methyl/N-ethyl adjacent to an activating group) is 1. The summed E-state index contributed by atoms with van der Waals surface area (Å²) in [6.07, 6.45) is 0. The molecule has 1 aromatic rings. The zero-order valence-electron chi connectivity index (χ0n) is 12.8. The Labute approximate surface area is 131 Å². The SMILES string of the molecule is Cc1ccc(C(=O)N(C)CC(=O)N2CCNCC2)n1C.Cl. The third kappa shape index (κ3) is 3.98. The van der Waals surface area contributed by atoms with Crippen LogP contribution in [0.3, 0.4) is 0 Å². The van der Waals surface area contributed by atoms with Crippen molar-refractivity contribution in [1.82, 2.24) is 19.7 Å². The van der Waals surface area contributed by atoms with Gasteiger partial charge in [0.2, 0.25) is 5.91 Å². The Bertz CT molecular complexity index is 509. The van der Waals surface area contributed by atoms with Crippen LogP contribution in [0.1, 0.15) is 16.2 Å². The monoisotopic (exact) mass is 314 g/mol. The summed E-state index contributed by atoms with van der Waals surface area (Å²) in [5, 5.41) is 3.20. The molecule has 7 heteroatoms. The van der Waals surface area contributed by atoms with Crippen molar-refractivity contribution in [3.63, 3.8) is 0 Å². The van der Waals surface area contributed by atoms with E-state index >= 15 is 0 Å². The first-order chi connectivity index (χ1) is 9.50. The quantitative estimate of drug-likeness (QED) is 0.870. The summed E-state index contributed by atoms with van der Waals surface area (Å²) in [4.78, 5) is 27.7. The van der Waals surface area contributed by atoms with Crippen molar-refractivity contribution in [1.29, 1.82) is 0 Å². The minimum Gasteiger partial charge on any atom is -0.344 e. The molecule has 0 spiro atoms. The van der Waals surface area contributed by atoms with Crippen molar-refractivity contribution >= 4 is 24.2 Å². The number of aryl methyl sites for hydroxylation is 1. The number of piperazine rings is 1. The van der Waals surface area contributed by atoms with Gasteiger partial charge < -0.3 is 19.7 Å². The first-order valence-electron chi connectivity index (χ1n) is 6.87. The third-order valence-corrected chi connectivity index (χ3v) is 3.78. The van der Waals surface area contributed by atoms with E-state index in [1.807, 2.05) is 24.6 Å². The van der Waals surface area contributed by atoms with E-state index in [9.17, 15) is 9.59 Å².